The van der Waals surface area contributed by atoms with Crippen LogP contribution in [0.1, 0.15) is 12.0 Å². The fourth-order valence-corrected chi connectivity index (χ4v) is 3.09. The second-order valence-electron chi connectivity index (χ2n) is 5.08. The van der Waals surface area contributed by atoms with E-state index in [-0.39, 0.29) is 5.94 Å². The second-order valence-corrected chi connectivity index (χ2v) is 6.75. The first kappa shape index (κ1) is 14.6. The average molecular weight is 319 g/mol. The summed E-state index contributed by atoms with van der Waals surface area (Å²) in [5.74, 6) is 0.205. The minimum atomic E-state index is -3.36. The van der Waals surface area contributed by atoms with Crippen molar-refractivity contribution < 1.29 is 13.2 Å². The Labute approximate surface area is 129 Å². The maximum absolute atomic E-state index is 11.4. The second kappa shape index (κ2) is 6.23. The third-order valence-corrected chi connectivity index (χ3v) is 4.27. The Morgan fingerprint density at radius 2 is 2.23 bits per heavy atom. The minimum absolute atomic E-state index is 0.343. The molecular formula is C15H17N3O3S. The van der Waals surface area contributed by atoms with Crippen LogP contribution < -0.4 is 14.8 Å². The fourth-order valence-electron chi connectivity index (χ4n) is 2.25. The number of rotatable bonds is 5. The molecule has 0 fully saturated rings. The van der Waals surface area contributed by atoms with Crippen molar-refractivity contribution in [2.75, 3.05) is 22.5 Å². The molecule has 7 heteroatoms. The SMILES string of the molecule is O=S1(=O)COc2cc(NCCCc3cccnc3)ccc2N1. The highest BCUT2D eigenvalue weighted by Crippen LogP contribution is 2.32. The van der Waals surface area contributed by atoms with Crippen LogP contribution in [-0.4, -0.2) is 25.9 Å². The van der Waals surface area contributed by atoms with Crippen molar-refractivity contribution in [3.8, 4) is 5.75 Å². The molecule has 22 heavy (non-hydrogen) atoms. The Kier molecular flexibility index (Phi) is 4.15. The van der Waals surface area contributed by atoms with Gasteiger partial charge in [-0.3, -0.25) is 9.71 Å². The Bertz CT molecular complexity index is 748. The molecule has 116 valence electrons. The molecule has 0 unspecified atom stereocenters. The van der Waals surface area contributed by atoms with Gasteiger partial charge in [0.05, 0.1) is 5.69 Å². The van der Waals surface area contributed by atoms with Gasteiger partial charge in [-0.2, -0.15) is 0 Å². The number of ether oxygens (including phenoxy) is 1. The Balaban J connectivity index is 1.54. The topological polar surface area (TPSA) is 80.3 Å². The van der Waals surface area contributed by atoms with Gasteiger partial charge in [-0.1, -0.05) is 6.07 Å². The summed E-state index contributed by atoms with van der Waals surface area (Å²) in [5.41, 5.74) is 2.60. The van der Waals surface area contributed by atoms with E-state index in [0.29, 0.717) is 11.4 Å². The number of aryl methyl sites for hydroxylation is 1. The monoisotopic (exact) mass is 319 g/mol. The molecule has 1 aliphatic rings. The van der Waals surface area contributed by atoms with Crippen molar-refractivity contribution in [2.45, 2.75) is 12.8 Å². The molecule has 0 saturated carbocycles. The molecular weight excluding hydrogens is 302 g/mol. The number of hydrogen-bond donors (Lipinski definition) is 2. The van der Waals surface area contributed by atoms with E-state index in [1.54, 1.807) is 18.3 Å². The first-order chi connectivity index (χ1) is 10.6. The van der Waals surface area contributed by atoms with Crippen LogP contribution in [0.2, 0.25) is 0 Å². The summed E-state index contributed by atoms with van der Waals surface area (Å²) < 4.78 is 30.5. The maximum atomic E-state index is 11.4. The molecule has 1 aromatic carbocycles. The molecule has 6 nitrogen and oxygen atoms in total. The number of benzene rings is 1. The van der Waals surface area contributed by atoms with E-state index in [0.717, 1.165) is 25.1 Å². The van der Waals surface area contributed by atoms with Gasteiger partial charge in [0.25, 0.3) is 10.0 Å². The number of pyridine rings is 1. The maximum Gasteiger partial charge on any atom is 0.268 e. The predicted molar refractivity (Wildman–Crippen MR) is 85.5 cm³/mol. The van der Waals surface area contributed by atoms with E-state index in [1.807, 2.05) is 18.3 Å². The van der Waals surface area contributed by atoms with Crippen LogP contribution in [0.4, 0.5) is 11.4 Å². The van der Waals surface area contributed by atoms with Gasteiger partial charge in [-0.05, 0) is 36.6 Å². The van der Waals surface area contributed by atoms with Crippen LogP contribution in [-0.2, 0) is 16.4 Å². The highest BCUT2D eigenvalue weighted by atomic mass is 32.2. The zero-order valence-electron chi connectivity index (χ0n) is 12.0. The number of hydrogen-bond acceptors (Lipinski definition) is 5. The molecule has 0 spiro atoms. The molecule has 0 amide bonds. The van der Waals surface area contributed by atoms with E-state index in [4.69, 9.17) is 4.74 Å². The molecule has 0 saturated heterocycles. The van der Waals surface area contributed by atoms with Crippen LogP contribution in [0, 0.1) is 0 Å². The lowest BCUT2D eigenvalue weighted by Gasteiger charge is -2.20. The molecule has 1 aliphatic heterocycles. The summed E-state index contributed by atoms with van der Waals surface area (Å²) >= 11 is 0. The lowest BCUT2D eigenvalue weighted by Crippen LogP contribution is -2.25. The summed E-state index contributed by atoms with van der Waals surface area (Å²) in [6.07, 6.45) is 5.58. The molecule has 2 aromatic rings. The Hall–Kier alpha value is -2.28. The fraction of sp³-hybridized carbons (Fsp3) is 0.267. The summed E-state index contributed by atoms with van der Waals surface area (Å²) in [7, 11) is -3.36. The first-order valence-corrected chi connectivity index (χ1v) is 8.68. The number of fused-ring (bicyclic) bond motifs is 1. The molecule has 0 radical (unpaired) electrons. The zero-order chi connectivity index (χ0) is 15.4. The first-order valence-electron chi connectivity index (χ1n) is 7.02. The van der Waals surface area contributed by atoms with Crippen molar-refractivity contribution >= 4 is 21.4 Å². The molecule has 0 aliphatic carbocycles. The van der Waals surface area contributed by atoms with Gasteiger partial charge in [0.1, 0.15) is 5.75 Å². The summed E-state index contributed by atoms with van der Waals surface area (Å²) in [4.78, 5) is 4.09. The van der Waals surface area contributed by atoms with E-state index < -0.39 is 10.0 Å². The van der Waals surface area contributed by atoms with Gasteiger partial charge in [0, 0.05) is 30.7 Å². The third-order valence-electron chi connectivity index (χ3n) is 3.31. The van der Waals surface area contributed by atoms with Crippen LogP contribution >= 0.6 is 0 Å². The van der Waals surface area contributed by atoms with Crippen LogP contribution in [0.25, 0.3) is 0 Å². The number of sulfonamides is 1. The van der Waals surface area contributed by atoms with Crippen molar-refractivity contribution in [1.29, 1.82) is 0 Å². The molecule has 2 N–H and O–H groups in total. The van der Waals surface area contributed by atoms with Gasteiger partial charge in [0.15, 0.2) is 0 Å². The summed E-state index contributed by atoms with van der Waals surface area (Å²) in [6.45, 7) is 0.819. The van der Waals surface area contributed by atoms with Crippen molar-refractivity contribution in [1.82, 2.24) is 4.98 Å². The van der Waals surface area contributed by atoms with E-state index >= 15 is 0 Å². The van der Waals surface area contributed by atoms with Crippen molar-refractivity contribution in [3.05, 3.63) is 48.3 Å². The number of nitrogens with zero attached hydrogens (tertiary/aromatic N) is 1. The van der Waals surface area contributed by atoms with E-state index in [2.05, 4.69) is 21.1 Å². The van der Waals surface area contributed by atoms with Gasteiger partial charge < -0.3 is 10.1 Å². The normalized spacial score (nSPS) is 15.3. The van der Waals surface area contributed by atoms with Crippen molar-refractivity contribution in [2.24, 2.45) is 0 Å². The van der Waals surface area contributed by atoms with Crippen molar-refractivity contribution in [3.63, 3.8) is 0 Å². The Morgan fingerprint density at radius 1 is 1.32 bits per heavy atom. The van der Waals surface area contributed by atoms with Gasteiger partial charge in [-0.15, -0.1) is 0 Å². The largest absolute Gasteiger partial charge is 0.473 e. The summed E-state index contributed by atoms with van der Waals surface area (Å²) in [5, 5.41) is 3.31. The van der Waals surface area contributed by atoms with Gasteiger partial charge in [-0.25, -0.2) is 8.42 Å². The molecule has 0 bridgehead atoms. The lowest BCUT2D eigenvalue weighted by molar-refractivity contribution is 0.374. The molecule has 2 heterocycles. The smallest absolute Gasteiger partial charge is 0.268 e. The minimum Gasteiger partial charge on any atom is -0.473 e. The lowest BCUT2D eigenvalue weighted by atomic mass is 10.1. The highest BCUT2D eigenvalue weighted by molar-refractivity contribution is 7.92. The highest BCUT2D eigenvalue weighted by Gasteiger charge is 2.21. The van der Waals surface area contributed by atoms with Crippen LogP contribution in [0.15, 0.2) is 42.7 Å². The third kappa shape index (κ3) is 3.67. The quantitative estimate of drug-likeness (QED) is 0.826. The Morgan fingerprint density at radius 3 is 3.05 bits per heavy atom. The zero-order valence-corrected chi connectivity index (χ0v) is 12.8. The van der Waals surface area contributed by atoms with Gasteiger partial charge >= 0.3 is 0 Å². The van der Waals surface area contributed by atoms with E-state index in [9.17, 15) is 8.42 Å². The van der Waals surface area contributed by atoms with E-state index in [1.165, 1.54) is 5.56 Å². The average Bonchev–Trinajstić information content (AvgIpc) is 2.52. The molecule has 3 rings (SSSR count). The number of nitrogens with one attached hydrogen (secondary N) is 2. The summed E-state index contributed by atoms with van der Waals surface area (Å²) in [6, 6.07) is 9.34. The molecule has 1 aromatic heterocycles. The predicted octanol–water partition coefficient (Wildman–Crippen LogP) is 2.22. The molecule has 0 atom stereocenters. The standard InChI is InChI=1S/C15H17N3O3S/c19-22(20)11-21-15-9-13(5-6-14(15)18-22)17-8-2-4-12-3-1-7-16-10-12/h1,3,5-7,9-10,17-18H,2,4,8,11H2. The number of anilines is 2. The van der Waals surface area contributed by atoms with Crippen LogP contribution in [0.5, 0.6) is 5.75 Å². The van der Waals surface area contributed by atoms with Crippen LogP contribution in [0.3, 0.4) is 0 Å². The van der Waals surface area contributed by atoms with Gasteiger partial charge in [0.2, 0.25) is 5.94 Å². The number of aromatic nitrogens is 1.